The molecule has 0 saturated carbocycles. The van der Waals surface area contributed by atoms with Crippen LogP contribution in [-0.4, -0.2) is 61.8 Å². The van der Waals surface area contributed by atoms with Crippen molar-refractivity contribution in [2.24, 2.45) is 7.05 Å². The zero-order valence-corrected chi connectivity index (χ0v) is 26.7. The number of thiocarbonyl (C=S) groups is 1. The van der Waals surface area contributed by atoms with Crippen molar-refractivity contribution in [2.45, 2.75) is 40.7 Å². The summed E-state index contributed by atoms with van der Waals surface area (Å²) in [6.45, 7) is 12.2. The van der Waals surface area contributed by atoms with Gasteiger partial charge >= 0.3 is 0 Å². The first-order valence-electron chi connectivity index (χ1n) is 14.4. The highest BCUT2D eigenvalue weighted by atomic mass is 32.2. The SMILES string of the molecule is CCCn1c(N2CCN(CC)CC2)c(/C=C2\SC(=S)N(c3c(C)n(C)n(-c4ccccc4)c3=O)C2=O)c(C)c(C#N)c1=O. The van der Waals surface area contributed by atoms with Crippen LogP contribution in [0.15, 0.2) is 44.8 Å². The number of hydrogen-bond donors (Lipinski definition) is 0. The highest BCUT2D eigenvalue weighted by molar-refractivity contribution is 8.27. The summed E-state index contributed by atoms with van der Waals surface area (Å²) < 4.78 is 5.16. The molecule has 0 atom stereocenters. The van der Waals surface area contributed by atoms with Gasteiger partial charge in [-0.3, -0.25) is 28.5 Å². The van der Waals surface area contributed by atoms with Gasteiger partial charge < -0.3 is 9.80 Å². The van der Waals surface area contributed by atoms with Crippen molar-refractivity contribution < 1.29 is 4.79 Å². The number of pyridine rings is 1. The quantitative estimate of drug-likeness (QED) is 0.292. The van der Waals surface area contributed by atoms with Crippen molar-refractivity contribution in [3.05, 3.63) is 78.3 Å². The topological polar surface area (TPSA) is 99.5 Å². The highest BCUT2D eigenvalue weighted by Crippen LogP contribution is 2.38. The van der Waals surface area contributed by atoms with Gasteiger partial charge in [0.05, 0.1) is 16.3 Å². The molecular formula is C31H35N7O3S2. The van der Waals surface area contributed by atoms with Crippen LogP contribution in [0.25, 0.3) is 11.8 Å². The average Bonchev–Trinajstić information content (AvgIpc) is 3.40. The van der Waals surface area contributed by atoms with Gasteiger partial charge in [-0.25, -0.2) is 4.68 Å². The number of nitrogens with zero attached hydrogens (tertiary/aromatic N) is 7. The van der Waals surface area contributed by atoms with Gasteiger partial charge in [0.25, 0.3) is 17.0 Å². The third-order valence-corrected chi connectivity index (χ3v) is 9.53. The third-order valence-electron chi connectivity index (χ3n) is 8.23. The van der Waals surface area contributed by atoms with Gasteiger partial charge in [0.2, 0.25) is 0 Å². The van der Waals surface area contributed by atoms with Gasteiger partial charge in [0.1, 0.15) is 23.1 Å². The molecule has 12 heteroatoms. The fourth-order valence-corrected chi connectivity index (χ4v) is 7.05. The van der Waals surface area contributed by atoms with Crippen molar-refractivity contribution >= 4 is 51.8 Å². The molecule has 2 fully saturated rings. The van der Waals surface area contributed by atoms with E-state index in [1.165, 1.54) is 9.58 Å². The maximum Gasteiger partial charge on any atom is 0.296 e. The van der Waals surface area contributed by atoms with Crippen LogP contribution in [0.4, 0.5) is 11.5 Å². The first-order chi connectivity index (χ1) is 20.6. The fourth-order valence-electron chi connectivity index (χ4n) is 5.80. The number of hydrogen-bond acceptors (Lipinski definition) is 8. The summed E-state index contributed by atoms with van der Waals surface area (Å²) in [5.74, 6) is 0.306. The molecule has 0 spiro atoms. The van der Waals surface area contributed by atoms with Crippen LogP contribution < -0.4 is 20.9 Å². The van der Waals surface area contributed by atoms with E-state index in [1.54, 1.807) is 36.2 Å². The molecule has 0 bridgehead atoms. The molecule has 3 aromatic rings. The number of benzene rings is 1. The smallest absolute Gasteiger partial charge is 0.296 e. The van der Waals surface area contributed by atoms with Crippen LogP contribution in [0.3, 0.4) is 0 Å². The predicted molar refractivity (Wildman–Crippen MR) is 176 cm³/mol. The number of likely N-dealkylation sites (N-methyl/N-ethyl adjacent to an activating group) is 1. The Morgan fingerprint density at radius 1 is 1.02 bits per heavy atom. The zero-order valence-electron chi connectivity index (χ0n) is 25.1. The molecule has 2 aliphatic heterocycles. The second kappa shape index (κ2) is 12.4. The molecule has 2 aromatic heterocycles. The van der Waals surface area contributed by atoms with Crippen LogP contribution in [0, 0.1) is 25.2 Å². The van der Waals surface area contributed by atoms with E-state index in [0.29, 0.717) is 59.3 Å². The van der Waals surface area contributed by atoms with E-state index in [0.717, 1.165) is 31.4 Å². The predicted octanol–water partition coefficient (Wildman–Crippen LogP) is 3.78. The van der Waals surface area contributed by atoms with Gasteiger partial charge in [-0.2, -0.15) is 5.26 Å². The number of carbonyl (C=O) groups excluding carboxylic acids is 1. The van der Waals surface area contributed by atoms with Gasteiger partial charge in [0, 0.05) is 45.3 Å². The summed E-state index contributed by atoms with van der Waals surface area (Å²) in [5, 5.41) is 9.97. The number of carbonyl (C=O) groups is 1. The Balaban J connectivity index is 1.65. The second-order valence-corrected chi connectivity index (χ2v) is 12.3. The number of para-hydroxylation sites is 1. The molecule has 0 N–H and O–H groups in total. The molecule has 4 heterocycles. The molecule has 0 unspecified atom stereocenters. The molecule has 10 nitrogen and oxygen atoms in total. The van der Waals surface area contributed by atoms with Crippen LogP contribution in [0.1, 0.15) is 42.7 Å². The van der Waals surface area contributed by atoms with Crippen molar-refractivity contribution in [1.29, 1.82) is 5.26 Å². The largest absolute Gasteiger partial charge is 0.355 e. The Bertz CT molecular complexity index is 1790. The molecule has 43 heavy (non-hydrogen) atoms. The summed E-state index contributed by atoms with van der Waals surface area (Å²) in [6, 6.07) is 11.3. The number of nitriles is 1. The lowest BCUT2D eigenvalue weighted by Gasteiger charge is -2.37. The van der Waals surface area contributed by atoms with Crippen molar-refractivity contribution in [2.75, 3.05) is 42.5 Å². The standard InChI is InChI=1S/C31H35N7O3S2/c1-6-13-36-27(35-16-14-34(7-2)15-17-35)23(20(3)24(19-32)28(36)39)18-25-29(40)37(31(42)43-25)26-21(4)33(5)38(30(26)41)22-11-9-8-10-12-22/h8-12,18H,6-7,13-17H2,1-5H3/b25-18-. The number of anilines is 2. The van der Waals surface area contributed by atoms with Crippen molar-refractivity contribution in [1.82, 2.24) is 18.8 Å². The summed E-state index contributed by atoms with van der Waals surface area (Å²) in [7, 11) is 1.77. The van der Waals surface area contributed by atoms with E-state index in [9.17, 15) is 19.6 Å². The van der Waals surface area contributed by atoms with E-state index in [1.807, 2.05) is 37.3 Å². The Kier molecular flexibility index (Phi) is 8.78. The number of thioether (sulfide) groups is 1. The minimum absolute atomic E-state index is 0.0655. The van der Waals surface area contributed by atoms with E-state index >= 15 is 0 Å². The molecule has 2 aliphatic rings. The molecule has 0 radical (unpaired) electrons. The molecule has 224 valence electrons. The maximum absolute atomic E-state index is 14.0. The molecule has 5 rings (SSSR count). The van der Waals surface area contributed by atoms with Gasteiger partial charge in [-0.15, -0.1) is 0 Å². The number of amides is 1. The van der Waals surface area contributed by atoms with Crippen LogP contribution in [0.2, 0.25) is 0 Å². The molecule has 1 amide bonds. The molecule has 0 aliphatic carbocycles. The van der Waals surface area contributed by atoms with Crippen LogP contribution in [0.5, 0.6) is 0 Å². The summed E-state index contributed by atoms with van der Waals surface area (Å²) >= 11 is 6.80. The molecular weight excluding hydrogens is 583 g/mol. The first-order valence-corrected chi connectivity index (χ1v) is 15.6. The van der Waals surface area contributed by atoms with Gasteiger partial charge in [0.15, 0.2) is 4.32 Å². The minimum atomic E-state index is -0.408. The van der Waals surface area contributed by atoms with E-state index < -0.39 is 5.91 Å². The van der Waals surface area contributed by atoms with Crippen molar-refractivity contribution in [3.8, 4) is 11.8 Å². The minimum Gasteiger partial charge on any atom is -0.355 e. The van der Waals surface area contributed by atoms with Gasteiger partial charge in [-0.1, -0.05) is 56.0 Å². The van der Waals surface area contributed by atoms with E-state index in [-0.39, 0.29) is 26.7 Å². The Labute approximate surface area is 260 Å². The monoisotopic (exact) mass is 617 g/mol. The Morgan fingerprint density at radius 2 is 1.70 bits per heavy atom. The first kappa shape index (κ1) is 30.5. The number of aromatic nitrogens is 3. The van der Waals surface area contributed by atoms with E-state index in [2.05, 4.69) is 22.8 Å². The third kappa shape index (κ3) is 5.26. The highest BCUT2D eigenvalue weighted by Gasteiger charge is 2.38. The number of piperazine rings is 1. The average molecular weight is 618 g/mol. The summed E-state index contributed by atoms with van der Waals surface area (Å²) in [6.07, 6.45) is 2.45. The number of rotatable bonds is 7. The van der Waals surface area contributed by atoms with Crippen molar-refractivity contribution in [3.63, 3.8) is 0 Å². The maximum atomic E-state index is 14.0. The lowest BCUT2D eigenvalue weighted by molar-refractivity contribution is -0.113. The lowest BCUT2D eigenvalue weighted by Crippen LogP contribution is -2.48. The Hall–Kier alpha value is -3.92. The Morgan fingerprint density at radius 3 is 2.30 bits per heavy atom. The van der Waals surface area contributed by atoms with Crippen LogP contribution in [-0.2, 0) is 18.4 Å². The van der Waals surface area contributed by atoms with Gasteiger partial charge in [-0.05, 0) is 50.6 Å². The van der Waals surface area contributed by atoms with Crippen LogP contribution >= 0.6 is 24.0 Å². The summed E-state index contributed by atoms with van der Waals surface area (Å²) in [5.41, 5.74) is 2.06. The fraction of sp³-hybridized carbons (Fsp3) is 0.387. The normalized spacial score (nSPS) is 16.9. The molecule has 2 saturated heterocycles. The summed E-state index contributed by atoms with van der Waals surface area (Å²) in [4.78, 5) is 47.5. The second-order valence-electron chi connectivity index (χ2n) is 10.7. The molecule has 1 aromatic carbocycles. The zero-order chi connectivity index (χ0) is 31.0. The lowest BCUT2D eigenvalue weighted by atomic mass is 10.0. The van der Waals surface area contributed by atoms with E-state index in [4.69, 9.17) is 12.2 Å².